The van der Waals surface area contributed by atoms with Crippen molar-refractivity contribution in [1.82, 2.24) is 5.32 Å². The molecule has 0 saturated heterocycles. The predicted molar refractivity (Wildman–Crippen MR) is 78.8 cm³/mol. The van der Waals surface area contributed by atoms with Crippen molar-refractivity contribution in [2.24, 2.45) is 0 Å². The van der Waals surface area contributed by atoms with Gasteiger partial charge in [0.25, 0.3) is 5.91 Å². The van der Waals surface area contributed by atoms with Crippen LogP contribution in [0.3, 0.4) is 0 Å². The highest BCUT2D eigenvalue weighted by molar-refractivity contribution is 6.01. The zero-order chi connectivity index (χ0) is 15.3. The van der Waals surface area contributed by atoms with E-state index in [9.17, 15) is 9.59 Å². The molecule has 0 fully saturated rings. The van der Waals surface area contributed by atoms with Crippen molar-refractivity contribution in [2.75, 3.05) is 12.4 Å². The Kier molecular flexibility index (Phi) is 5.13. The summed E-state index contributed by atoms with van der Waals surface area (Å²) in [7, 11) is 1.74. The van der Waals surface area contributed by atoms with Gasteiger partial charge in [0.1, 0.15) is 11.6 Å². The summed E-state index contributed by atoms with van der Waals surface area (Å²) in [5.74, 6) is -0.763. The van der Waals surface area contributed by atoms with Crippen molar-refractivity contribution in [3.8, 4) is 0 Å². The van der Waals surface area contributed by atoms with Crippen molar-refractivity contribution in [3.05, 3.63) is 29.8 Å². The molecule has 1 aromatic carbocycles. The number of amides is 1. The fraction of sp³-hybridized carbons (Fsp3) is 0.467. The van der Waals surface area contributed by atoms with E-state index in [1.807, 2.05) is 6.07 Å². The Balaban J connectivity index is 2.73. The summed E-state index contributed by atoms with van der Waals surface area (Å²) in [6.07, 6.45) is 0. The summed E-state index contributed by atoms with van der Waals surface area (Å²) in [6.45, 7) is 6.97. The summed E-state index contributed by atoms with van der Waals surface area (Å²) in [4.78, 5) is 24.0. The normalized spacial score (nSPS) is 12.4. The zero-order valence-electron chi connectivity index (χ0n) is 12.6. The molecule has 0 bridgehead atoms. The number of benzene rings is 1. The van der Waals surface area contributed by atoms with Crippen LogP contribution in [0.15, 0.2) is 24.3 Å². The SMILES string of the molecule is CNc1ccccc1C(=O)NC(C)C(=O)OC(C)(C)C. The Labute approximate surface area is 119 Å². The second kappa shape index (κ2) is 6.41. The maximum Gasteiger partial charge on any atom is 0.328 e. The monoisotopic (exact) mass is 278 g/mol. The second-order valence-electron chi connectivity index (χ2n) is 5.52. The van der Waals surface area contributed by atoms with Crippen molar-refractivity contribution in [1.29, 1.82) is 0 Å². The Hall–Kier alpha value is -2.04. The quantitative estimate of drug-likeness (QED) is 0.828. The summed E-state index contributed by atoms with van der Waals surface area (Å²) in [5.41, 5.74) is 0.630. The second-order valence-corrected chi connectivity index (χ2v) is 5.52. The lowest BCUT2D eigenvalue weighted by atomic mass is 10.1. The van der Waals surface area contributed by atoms with Crippen LogP contribution in [0, 0.1) is 0 Å². The number of esters is 1. The van der Waals surface area contributed by atoms with Gasteiger partial charge in [-0.2, -0.15) is 0 Å². The Morgan fingerprint density at radius 2 is 1.80 bits per heavy atom. The van der Waals surface area contributed by atoms with Crippen LogP contribution in [0.25, 0.3) is 0 Å². The third-order valence-corrected chi connectivity index (χ3v) is 2.55. The van der Waals surface area contributed by atoms with Crippen molar-refractivity contribution < 1.29 is 14.3 Å². The first-order valence-corrected chi connectivity index (χ1v) is 6.55. The number of ether oxygens (including phenoxy) is 1. The van der Waals surface area contributed by atoms with E-state index in [1.54, 1.807) is 52.9 Å². The lowest BCUT2D eigenvalue weighted by Crippen LogP contribution is -2.42. The number of anilines is 1. The largest absolute Gasteiger partial charge is 0.458 e. The topological polar surface area (TPSA) is 67.4 Å². The first kappa shape index (κ1) is 16.0. The van der Waals surface area contributed by atoms with Crippen LogP contribution >= 0.6 is 0 Å². The van der Waals surface area contributed by atoms with Crippen LogP contribution in [0.2, 0.25) is 0 Å². The smallest absolute Gasteiger partial charge is 0.328 e. The molecule has 5 nitrogen and oxygen atoms in total. The average molecular weight is 278 g/mol. The molecule has 1 unspecified atom stereocenters. The first-order chi connectivity index (χ1) is 9.24. The molecule has 1 rings (SSSR count). The molecule has 0 radical (unpaired) electrons. The molecule has 5 heteroatoms. The van der Waals surface area contributed by atoms with Gasteiger partial charge in [0, 0.05) is 12.7 Å². The number of carbonyl (C=O) groups excluding carboxylic acids is 2. The van der Waals surface area contributed by atoms with Crippen molar-refractivity contribution in [2.45, 2.75) is 39.3 Å². The summed E-state index contributed by atoms with van der Waals surface area (Å²) < 4.78 is 5.22. The molecule has 110 valence electrons. The van der Waals surface area contributed by atoms with E-state index in [4.69, 9.17) is 4.74 Å². The molecular formula is C15H22N2O3. The van der Waals surface area contributed by atoms with Gasteiger partial charge in [-0.1, -0.05) is 12.1 Å². The fourth-order valence-electron chi connectivity index (χ4n) is 1.62. The van der Waals surface area contributed by atoms with Crippen LogP contribution in [-0.4, -0.2) is 30.6 Å². The summed E-state index contributed by atoms with van der Waals surface area (Å²) in [5, 5.41) is 5.58. The maximum atomic E-state index is 12.1. The highest BCUT2D eigenvalue weighted by Gasteiger charge is 2.23. The lowest BCUT2D eigenvalue weighted by molar-refractivity contribution is -0.156. The van der Waals surface area contributed by atoms with Gasteiger partial charge in [-0.15, -0.1) is 0 Å². The zero-order valence-corrected chi connectivity index (χ0v) is 12.6. The lowest BCUT2D eigenvalue weighted by Gasteiger charge is -2.22. The number of hydrogen-bond acceptors (Lipinski definition) is 4. The van der Waals surface area contributed by atoms with E-state index in [0.717, 1.165) is 0 Å². The third-order valence-electron chi connectivity index (χ3n) is 2.55. The standard InChI is InChI=1S/C15H22N2O3/c1-10(14(19)20-15(2,3)4)17-13(18)11-8-6-7-9-12(11)16-5/h6-10,16H,1-5H3,(H,17,18). The number of para-hydroxylation sites is 1. The van der Waals surface area contributed by atoms with Gasteiger partial charge in [0.2, 0.25) is 0 Å². The molecule has 2 N–H and O–H groups in total. The van der Waals surface area contributed by atoms with Gasteiger partial charge in [-0.05, 0) is 39.8 Å². The Bertz CT molecular complexity index is 492. The number of hydrogen-bond donors (Lipinski definition) is 2. The molecule has 0 saturated carbocycles. The number of carbonyl (C=O) groups is 2. The van der Waals surface area contributed by atoms with Gasteiger partial charge in [0.15, 0.2) is 0 Å². The molecule has 0 aliphatic heterocycles. The van der Waals surface area contributed by atoms with Crippen LogP contribution in [0.1, 0.15) is 38.1 Å². The molecule has 1 amide bonds. The summed E-state index contributed by atoms with van der Waals surface area (Å²) >= 11 is 0. The van der Waals surface area contributed by atoms with Gasteiger partial charge < -0.3 is 15.4 Å². The Morgan fingerprint density at radius 1 is 1.20 bits per heavy atom. The van der Waals surface area contributed by atoms with E-state index in [0.29, 0.717) is 11.3 Å². The van der Waals surface area contributed by atoms with E-state index in [1.165, 1.54) is 0 Å². The van der Waals surface area contributed by atoms with Crippen molar-refractivity contribution >= 4 is 17.6 Å². The molecule has 0 aromatic heterocycles. The van der Waals surface area contributed by atoms with Crippen molar-refractivity contribution in [3.63, 3.8) is 0 Å². The minimum atomic E-state index is -0.702. The summed E-state index contributed by atoms with van der Waals surface area (Å²) in [6, 6.07) is 6.40. The highest BCUT2D eigenvalue weighted by atomic mass is 16.6. The van der Waals surface area contributed by atoms with E-state index in [2.05, 4.69) is 10.6 Å². The first-order valence-electron chi connectivity index (χ1n) is 6.55. The van der Waals surface area contributed by atoms with Gasteiger partial charge in [0.05, 0.1) is 5.56 Å². The van der Waals surface area contributed by atoms with E-state index >= 15 is 0 Å². The third kappa shape index (κ3) is 4.57. The molecular weight excluding hydrogens is 256 g/mol. The molecule has 1 aromatic rings. The molecule has 20 heavy (non-hydrogen) atoms. The van der Waals surface area contributed by atoms with Gasteiger partial charge in [-0.25, -0.2) is 4.79 Å². The van der Waals surface area contributed by atoms with E-state index < -0.39 is 17.6 Å². The van der Waals surface area contributed by atoms with Gasteiger partial charge in [-0.3, -0.25) is 4.79 Å². The minimum Gasteiger partial charge on any atom is -0.458 e. The molecule has 0 aliphatic carbocycles. The average Bonchev–Trinajstić information content (AvgIpc) is 2.36. The predicted octanol–water partition coefficient (Wildman–Crippen LogP) is 2.19. The Morgan fingerprint density at radius 3 is 2.35 bits per heavy atom. The highest BCUT2D eigenvalue weighted by Crippen LogP contribution is 2.14. The number of nitrogens with one attached hydrogen (secondary N) is 2. The maximum absolute atomic E-state index is 12.1. The number of rotatable bonds is 4. The molecule has 0 heterocycles. The van der Waals surface area contributed by atoms with Crippen LogP contribution in [-0.2, 0) is 9.53 Å². The van der Waals surface area contributed by atoms with E-state index in [-0.39, 0.29) is 5.91 Å². The minimum absolute atomic E-state index is 0.312. The molecule has 1 atom stereocenters. The van der Waals surface area contributed by atoms with Crippen LogP contribution in [0.4, 0.5) is 5.69 Å². The van der Waals surface area contributed by atoms with Crippen LogP contribution in [0.5, 0.6) is 0 Å². The van der Waals surface area contributed by atoms with Crippen LogP contribution < -0.4 is 10.6 Å². The molecule has 0 spiro atoms. The fourth-order valence-corrected chi connectivity index (χ4v) is 1.62. The van der Waals surface area contributed by atoms with Gasteiger partial charge >= 0.3 is 5.97 Å². The molecule has 0 aliphatic rings.